The van der Waals surface area contributed by atoms with E-state index in [1.54, 1.807) is 48.5 Å². The van der Waals surface area contributed by atoms with E-state index in [0.29, 0.717) is 35.1 Å². The number of primary amides is 1. The minimum absolute atomic E-state index is 0.234. The molecule has 0 aliphatic heterocycles. The summed E-state index contributed by atoms with van der Waals surface area (Å²) < 4.78 is 16.1. The van der Waals surface area contributed by atoms with Crippen LogP contribution in [-0.2, 0) is 11.4 Å². The predicted molar refractivity (Wildman–Crippen MR) is 106 cm³/mol. The Labute approximate surface area is 167 Å². The highest BCUT2D eigenvalue weighted by Crippen LogP contribution is 2.21. The SMILES string of the molecule is Cc1noc(C)c1COc1cccc(C(=O)Nc2cccc(OCC(N)=O)c2)c1. The molecule has 29 heavy (non-hydrogen) atoms. The van der Waals surface area contributed by atoms with Gasteiger partial charge in [-0.15, -0.1) is 0 Å². The van der Waals surface area contributed by atoms with Crippen LogP contribution in [0.4, 0.5) is 5.69 Å². The molecule has 0 unspecified atom stereocenters. The number of anilines is 1. The molecule has 8 heteroatoms. The maximum absolute atomic E-state index is 12.6. The first-order chi connectivity index (χ1) is 13.9. The molecule has 0 saturated carbocycles. The number of benzene rings is 2. The van der Waals surface area contributed by atoms with E-state index in [4.69, 9.17) is 19.7 Å². The lowest BCUT2D eigenvalue weighted by atomic mass is 10.2. The molecule has 2 aromatic carbocycles. The Morgan fingerprint density at radius 3 is 2.48 bits per heavy atom. The van der Waals surface area contributed by atoms with Crippen LogP contribution in [0.5, 0.6) is 11.5 Å². The normalized spacial score (nSPS) is 10.4. The number of nitrogens with one attached hydrogen (secondary N) is 1. The number of rotatable bonds is 8. The number of hydrogen-bond donors (Lipinski definition) is 2. The zero-order valence-electron chi connectivity index (χ0n) is 16.1. The van der Waals surface area contributed by atoms with Gasteiger partial charge in [0, 0.05) is 17.3 Å². The van der Waals surface area contributed by atoms with Crippen LogP contribution < -0.4 is 20.5 Å². The van der Waals surface area contributed by atoms with Gasteiger partial charge in [0.25, 0.3) is 11.8 Å². The third kappa shape index (κ3) is 5.35. The number of nitrogens with zero attached hydrogens (tertiary/aromatic N) is 1. The van der Waals surface area contributed by atoms with Gasteiger partial charge in [0.05, 0.1) is 11.3 Å². The minimum Gasteiger partial charge on any atom is -0.489 e. The van der Waals surface area contributed by atoms with E-state index >= 15 is 0 Å². The van der Waals surface area contributed by atoms with Crippen molar-refractivity contribution in [1.29, 1.82) is 0 Å². The van der Waals surface area contributed by atoms with Crippen molar-refractivity contribution in [2.24, 2.45) is 5.73 Å². The summed E-state index contributed by atoms with van der Waals surface area (Å²) in [4.78, 5) is 23.4. The Morgan fingerprint density at radius 1 is 1.07 bits per heavy atom. The Morgan fingerprint density at radius 2 is 1.79 bits per heavy atom. The maximum atomic E-state index is 12.6. The highest BCUT2D eigenvalue weighted by Gasteiger charge is 2.11. The molecule has 0 aliphatic rings. The summed E-state index contributed by atoms with van der Waals surface area (Å²) in [5.41, 5.74) is 7.68. The van der Waals surface area contributed by atoms with Gasteiger partial charge in [0.15, 0.2) is 6.61 Å². The third-order valence-electron chi connectivity index (χ3n) is 4.13. The number of carbonyl (C=O) groups is 2. The average Bonchev–Trinajstić information content (AvgIpc) is 3.03. The van der Waals surface area contributed by atoms with Gasteiger partial charge >= 0.3 is 0 Å². The average molecular weight is 395 g/mol. The molecule has 0 spiro atoms. The van der Waals surface area contributed by atoms with Crippen molar-refractivity contribution in [1.82, 2.24) is 5.16 Å². The molecular weight excluding hydrogens is 374 g/mol. The summed E-state index contributed by atoms with van der Waals surface area (Å²) >= 11 is 0. The molecule has 0 radical (unpaired) electrons. The third-order valence-corrected chi connectivity index (χ3v) is 4.13. The quantitative estimate of drug-likeness (QED) is 0.606. The van der Waals surface area contributed by atoms with Crippen molar-refractivity contribution in [2.45, 2.75) is 20.5 Å². The topological polar surface area (TPSA) is 117 Å². The van der Waals surface area contributed by atoms with Crippen molar-refractivity contribution in [3.63, 3.8) is 0 Å². The molecule has 3 rings (SSSR count). The standard InChI is InChI=1S/C21H21N3O5/c1-13-19(14(2)29-24-13)11-27-17-7-3-5-15(9-17)21(26)23-16-6-4-8-18(10-16)28-12-20(22)25/h3-10H,11-12H2,1-2H3,(H2,22,25)(H,23,26). The monoisotopic (exact) mass is 395 g/mol. The van der Waals surface area contributed by atoms with E-state index < -0.39 is 5.91 Å². The summed E-state index contributed by atoms with van der Waals surface area (Å²) in [6, 6.07) is 13.5. The Kier molecular flexibility index (Phi) is 6.13. The first kappa shape index (κ1) is 19.9. The minimum atomic E-state index is -0.576. The van der Waals surface area contributed by atoms with E-state index in [2.05, 4.69) is 10.5 Å². The van der Waals surface area contributed by atoms with E-state index in [9.17, 15) is 9.59 Å². The van der Waals surface area contributed by atoms with Crippen LogP contribution in [-0.4, -0.2) is 23.6 Å². The molecule has 0 saturated heterocycles. The van der Waals surface area contributed by atoms with Crippen LogP contribution in [0.2, 0.25) is 0 Å². The number of hydrogen-bond acceptors (Lipinski definition) is 6. The maximum Gasteiger partial charge on any atom is 0.255 e. The molecule has 8 nitrogen and oxygen atoms in total. The van der Waals surface area contributed by atoms with Crippen molar-refractivity contribution >= 4 is 17.5 Å². The van der Waals surface area contributed by atoms with E-state index in [1.165, 1.54) is 0 Å². The van der Waals surface area contributed by atoms with E-state index in [-0.39, 0.29) is 12.5 Å². The first-order valence-corrected chi connectivity index (χ1v) is 8.89. The Hall–Kier alpha value is -3.81. The highest BCUT2D eigenvalue weighted by molar-refractivity contribution is 6.04. The Bertz CT molecular complexity index is 1010. The predicted octanol–water partition coefficient (Wildman–Crippen LogP) is 2.99. The van der Waals surface area contributed by atoms with Crippen molar-refractivity contribution in [2.75, 3.05) is 11.9 Å². The molecule has 3 aromatic rings. The summed E-state index contributed by atoms with van der Waals surface area (Å²) in [7, 11) is 0. The lowest BCUT2D eigenvalue weighted by molar-refractivity contribution is -0.119. The van der Waals surface area contributed by atoms with Crippen LogP contribution in [0.3, 0.4) is 0 Å². The summed E-state index contributed by atoms with van der Waals surface area (Å²) in [6.07, 6.45) is 0. The molecule has 1 heterocycles. The fraction of sp³-hybridized carbons (Fsp3) is 0.190. The van der Waals surface area contributed by atoms with Gasteiger partial charge in [-0.05, 0) is 44.2 Å². The number of nitrogens with two attached hydrogens (primary N) is 1. The van der Waals surface area contributed by atoms with Gasteiger partial charge in [-0.3, -0.25) is 9.59 Å². The molecule has 2 amide bonds. The number of carbonyl (C=O) groups excluding carboxylic acids is 2. The second-order valence-electron chi connectivity index (χ2n) is 6.36. The van der Waals surface area contributed by atoms with Crippen molar-refractivity contribution < 1.29 is 23.6 Å². The lowest BCUT2D eigenvalue weighted by Crippen LogP contribution is -2.20. The molecule has 0 fully saturated rings. The van der Waals surface area contributed by atoms with Gasteiger partial charge in [-0.25, -0.2) is 0 Å². The van der Waals surface area contributed by atoms with E-state index in [0.717, 1.165) is 11.3 Å². The summed E-state index contributed by atoms with van der Waals surface area (Å²) in [5.74, 6) is 0.803. The van der Waals surface area contributed by atoms with Crippen LogP contribution in [0.15, 0.2) is 53.1 Å². The number of amides is 2. The molecular formula is C21H21N3O5. The molecule has 150 valence electrons. The fourth-order valence-corrected chi connectivity index (χ4v) is 2.61. The van der Waals surface area contributed by atoms with Gasteiger partial charge in [-0.2, -0.15) is 0 Å². The second-order valence-corrected chi connectivity index (χ2v) is 6.36. The van der Waals surface area contributed by atoms with Crippen LogP contribution in [0.1, 0.15) is 27.4 Å². The Balaban J connectivity index is 1.65. The van der Waals surface area contributed by atoms with Crippen LogP contribution in [0, 0.1) is 13.8 Å². The fourth-order valence-electron chi connectivity index (χ4n) is 2.61. The van der Waals surface area contributed by atoms with Gasteiger partial charge in [0.1, 0.15) is 23.9 Å². The zero-order chi connectivity index (χ0) is 20.8. The largest absolute Gasteiger partial charge is 0.489 e. The van der Waals surface area contributed by atoms with Crippen LogP contribution in [0.25, 0.3) is 0 Å². The molecule has 1 aromatic heterocycles. The number of aryl methyl sites for hydroxylation is 2. The molecule has 0 atom stereocenters. The number of ether oxygens (including phenoxy) is 2. The molecule has 0 aliphatic carbocycles. The highest BCUT2D eigenvalue weighted by atomic mass is 16.5. The zero-order valence-corrected chi connectivity index (χ0v) is 16.1. The van der Waals surface area contributed by atoms with Crippen molar-refractivity contribution in [3.05, 3.63) is 71.1 Å². The smallest absolute Gasteiger partial charge is 0.255 e. The lowest BCUT2D eigenvalue weighted by Gasteiger charge is -2.10. The summed E-state index contributed by atoms with van der Waals surface area (Å²) in [6.45, 7) is 3.73. The van der Waals surface area contributed by atoms with E-state index in [1.807, 2.05) is 13.8 Å². The molecule has 0 bridgehead atoms. The second kappa shape index (κ2) is 8.92. The number of aromatic nitrogens is 1. The summed E-state index contributed by atoms with van der Waals surface area (Å²) in [5, 5.41) is 6.68. The van der Waals surface area contributed by atoms with Crippen molar-refractivity contribution in [3.8, 4) is 11.5 Å². The first-order valence-electron chi connectivity index (χ1n) is 8.89. The van der Waals surface area contributed by atoms with Gasteiger partial charge in [0.2, 0.25) is 0 Å². The van der Waals surface area contributed by atoms with Crippen LogP contribution >= 0.6 is 0 Å². The van der Waals surface area contributed by atoms with Gasteiger partial charge in [-0.1, -0.05) is 17.3 Å². The molecule has 3 N–H and O–H groups in total. The van der Waals surface area contributed by atoms with Gasteiger partial charge < -0.3 is 25.0 Å².